The van der Waals surface area contributed by atoms with Crippen molar-refractivity contribution in [2.24, 2.45) is 5.10 Å². The number of carbonyl (C=O) groups excluding carboxylic acids is 2. The summed E-state index contributed by atoms with van der Waals surface area (Å²) >= 11 is 0. The largest absolute Gasteiger partial charge is 0.504 e. The number of aromatic hydroxyl groups is 2. The van der Waals surface area contributed by atoms with Crippen molar-refractivity contribution in [2.75, 3.05) is 0 Å². The van der Waals surface area contributed by atoms with Crippen molar-refractivity contribution >= 4 is 23.6 Å². The maximum absolute atomic E-state index is 12.3. The predicted molar refractivity (Wildman–Crippen MR) is 106 cm³/mol. The molecule has 0 atom stereocenters. The summed E-state index contributed by atoms with van der Waals surface area (Å²) in [6.07, 6.45) is 3.34. The number of amides is 1. The van der Waals surface area contributed by atoms with Gasteiger partial charge in [0.25, 0.3) is 0 Å². The van der Waals surface area contributed by atoms with Crippen LogP contribution in [0.1, 0.15) is 30.5 Å². The van der Waals surface area contributed by atoms with Crippen LogP contribution in [-0.2, 0) is 16.0 Å². The fraction of sp³-hybridized carbons (Fsp3) is 0.190. The smallest absolute Gasteiger partial charge is 0.311 e. The molecule has 0 saturated heterocycles. The number of hydrogen-bond donors (Lipinski definition) is 4. The molecule has 0 spiro atoms. The first-order chi connectivity index (χ1) is 13.2. The van der Waals surface area contributed by atoms with E-state index in [9.17, 15) is 19.8 Å². The zero-order valence-corrected chi connectivity index (χ0v) is 15.6. The van der Waals surface area contributed by atoms with Crippen molar-refractivity contribution in [1.29, 1.82) is 0 Å². The molecule has 2 aromatic rings. The van der Waals surface area contributed by atoms with Gasteiger partial charge in [0.05, 0.1) is 6.21 Å². The molecule has 0 fully saturated rings. The van der Waals surface area contributed by atoms with Gasteiger partial charge < -0.3 is 15.5 Å². The van der Waals surface area contributed by atoms with E-state index in [1.807, 2.05) is 38.1 Å². The molecule has 0 aliphatic carbocycles. The van der Waals surface area contributed by atoms with Crippen LogP contribution in [0.15, 0.2) is 53.6 Å². The lowest BCUT2D eigenvalue weighted by Crippen LogP contribution is -2.44. The van der Waals surface area contributed by atoms with Gasteiger partial charge in [0.2, 0.25) is 5.78 Å². The number of nitrogens with one attached hydrogen (secondary N) is 2. The lowest BCUT2D eigenvalue weighted by Gasteiger charge is -2.35. The van der Waals surface area contributed by atoms with E-state index in [1.54, 1.807) is 0 Å². The molecule has 0 radical (unpaired) electrons. The lowest BCUT2D eigenvalue weighted by atomic mass is 9.85. The van der Waals surface area contributed by atoms with Gasteiger partial charge in [0, 0.05) is 22.9 Å². The molecule has 144 valence electrons. The number of benzene rings is 2. The van der Waals surface area contributed by atoms with Crippen molar-refractivity contribution < 1.29 is 19.8 Å². The van der Waals surface area contributed by atoms with Crippen LogP contribution in [0.3, 0.4) is 0 Å². The molecule has 0 unspecified atom stereocenters. The predicted octanol–water partition coefficient (Wildman–Crippen LogP) is 2.08. The Balaban J connectivity index is 1.72. The molecule has 7 nitrogen and oxygen atoms in total. The normalized spacial score (nSPS) is 16.4. The molecule has 1 aliphatic heterocycles. The lowest BCUT2D eigenvalue weighted by molar-refractivity contribution is -0.135. The molecule has 1 heterocycles. The third-order valence-electron chi connectivity index (χ3n) is 4.29. The number of hydrogen-bond acceptors (Lipinski definition) is 6. The second-order valence-electron chi connectivity index (χ2n) is 7.21. The van der Waals surface area contributed by atoms with E-state index < -0.39 is 11.7 Å². The molecule has 7 heteroatoms. The fourth-order valence-corrected chi connectivity index (χ4v) is 3.04. The van der Waals surface area contributed by atoms with Crippen molar-refractivity contribution in [3.8, 4) is 11.5 Å². The summed E-state index contributed by atoms with van der Waals surface area (Å²) in [6.45, 7) is 4.05. The Morgan fingerprint density at radius 1 is 1.14 bits per heavy atom. The average Bonchev–Trinajstić information content (AvgIpc) is 2.63. The van der Waals surface area contributed by atoms with E-state index in [0.717, 1.165) is 17.5 Å². The Kier molecular flexibility index (Phi) is 5.17. The van der Waals surface area contributed by atoms with Crippen LogP contribution in [0, 0.1) is 0 Å². The average molecular weight is 379 g/mol. The van der Waals surface area contributed by atoms with E-state index in [-0.39, 0.29) is 17.0 Å². The molecule has 2 aromatic carbocycles. The summed E-state index contributed by atoms with van der Waals surface area (Å²) in [5, 5.41) is 25.7. The topological polar surface area (TPSA) is 111 Å². The first kappa shape index (κ1) is 19.2. The Hall–Kier alpha value is -3.61. The van der Waals surface area contributed by atoms with Gasteiger partial charge in [-0.2, -0.15) is 5.10 Å². The number of nitrogens with zero attached hydrogens (tertiary/aromatic N) is 1. The van der Waals surface area contributed by atoms with Gasteiger partial charge in [0.1, 0.15) is 0 Å². The van der Waals surface area contributed by atoms with Gasteiger partial charge in [-0.15, -0.1) is 0 Å². The molecule has 4 N–H and O–H groups in total. The first-order valence-corrected chi connectivity index (χ1v) is 8.73. The molecular weight excluding hydrogens is 358 g/mol. The third kappa shape index (κ3) is 4.37. The van der Waals surface area contributed by atoms with Crippen LogP contribution in [0.5, 0.6) is 11.5 Å². The number of hydrazone groups is 1. The monoisotopic (exact) mass is 379 g/mol. The molecule has 1 aliphatic rings. The second kappa shape index (κ2) is 7.56. The number of fused-ring (bicyclic) bond motifs is 1. The SMILES string of the molecule is CC1(C)Cc2ccccc2/C(=C/C(=O)C(=O)NN=Cc2ccc(O)c(O)c2)N1. The molecule has 0 bridgehead atoms. The summed E-state index contributed by atoms with van der Waals surface area (Å²) < 4.78 is 0. The summed E-state index contributed by atoms with van der Waals surface area (Å²) in [4.78, 5) is 24.4. The molecule has 3 rings (SSSR count). The summed E-state index contributed by atoms with van der Waals surface area (Å²) in [5.41, 5.74) is 4.97. The van der Waals surface area contributed by atoms with E-state index in [1.165, 1.54) is 30.5 Å². The van der Waals surface area contributed by atoms with Crippen molar-refractivity contribution in [2.45, 2.75) is 25.8 Å². The highest BCUT2D eigenvalue weighted by Crippen LogP contribution is 2.29. The zero-order valence-electron chi connectivity index (χ0n) is 15.6. The minimum atomic E-state index is -0.880. The van der Waals surface area contributed by atoms with Crippen molar-refractivity contribution in [3.63, 3.8) is 0 Å². The van der Waals surface area contributed by atoms with E-state index in [2.05, 4.69) is 15.8 Å². The van der Waals surface area contributed by atoms with Crippen molar-refractivity contribution in [1.82, 2.24) is 10.7 Å². The Morgan fingerprint density at radius 3 is 2.64 bits per heavy atom. The van der Waals surface area contributed by atoms with Crippen LogP contribution in [0.2, 0.25) is 0 Å². The van der Waals surface area contributed by atoms with Gasteiger partial charge in [-0.25, -0.2) is 5.43 Å². The maximum Gasteiger partial charge on any atom is 0.311 e. The first-order valence-electron chi connectivity index (χ1n) is 8.73. The molecule has 1 amide bonds. The Morgan fingerprint density at radius 2 is 1.89 bits per heavy atom. The summed E-state index contributed by atoms with van der Waals surface area (Å²) in [6, 6.07) is 11.8. The fourth-order valence-electron chi connectivity index (χ4n) is 3.04. The van der Waals surface area contributed by atoms with Gasteiger partial charge in [0.15, 0.2) is 11.5 Å². The number of ketones is 1. The molecule has 0 saturated carbocycles. The van der Waals surface area contributed by atoms with Crippen LogP contribution in [0.4, 0.5) is 0 Å². The molecular formula is C21H21N3O4. The van der Waals surface area contributed by atoms with Gasteiger partial charge >= 0.3 is 5.91 Å². The second-order valence-corrected chi connectivity index (χ2v) is 7.21. The number of rotatable bonds is 4. The standard InChI is InChI=1S/C21H21N3O4/c1-21(2)11-14-5-3-4-6-15(14)16(23-21)10-19(27)20(28)24-22-12-13-7-8-17(25)18(26)9-13/h3-10,12,23,25-26H,11H2,1-2H3,(H,24,28)/b16-10-,22-12?. The third-order valence-corrected chi connectivity index (χ3v) is 4.29. The number of phenolic OH excluding ortho intramolecular Hbond substituents is 2. The zero-order chi connectivity index (χ0) is 20.3. The highest BCUT2D eigenvalue weighted by atomic mass is 16.3. The van der Waals surface area contributed by atoms with Crippen LogP contribution in [0.25, 0.3) is 5.70 Å². The summed E-state index contributed by atoms with van der Waals surface area (Å²) in [7, 11) is 0. The summed E-state index contributed by atoms with van der Waals surface area (Å²) in [5.74, 6) is -2.18. The van der Waals surface area contributed by atoms with E-state index in [0.29, 0.717) is 11.3 Å². The molecule has 0 aromatic heterocycles. The molecule has 28 heavy (non-hydrogen) atoms. The highest BCUT2D eigenvalue weighted by Gasteiger charge is 2.28. The van der Waals surface area contributed by atoms with E-state index >= 15 is 0 Å². The van der Waals surface area contributed by atoms with Gasteiger partial charge in [-0.05, 0) is 49.6 Å². The minimum absolute atomic E-state index is 0.240. The Bertz CT molecular complexity index is 993. The maximum atomic E-state index is 12.3. The Labute approximate surface area is 162 Å². The van der Waals surface area contributed by atoms with E-state index in [4.69, 9.17) is 0 Å². The minimum Gasteiger partial charge on any atom is -0.504 e. The highest BCUT2D eigenvalue weighted by molar-refractivity contribution is 6.41. The number of phenols is 2. The van der Waals surface area contributed by atoms with Crippen LogP contribution >= 0.6 is 0 Å². The van der Waals surface area contributed by atoms with Crippen LogP contribution < -0.4 is 10.7 Å². The van der Waals surface area contributed by atoms with Gasteiger partial charge in [-0.1, -0.05) is 24.3 Å². The number of carbonyl (C=O) groups is 2. The van der Waals surface area contributed by atoms with Gasteiger partial charge in [-0.3, -0.25) is 9.59 Å². The van der Waals surface area contributed by atoms with Crippen molar-refractivity contribution in [3.05, 3.63) is 65.2 Å². The van der Waals surface area contributed by atoms with Crippen LogP contribution in [-0.4, -0.2) is 33.7 Å². The quantitative estimate of drug-likeness (QED) is 0.214.